The summed E-state index contributed by atoms with van der Waals surface area (Å²) >= 11 is 1.66. The normalized spacial score (nSPS) is 18.1. The number of nitrogens with zero attached hydrogens (tertiary/aromatic N) is 2. The number of fused-ring (bicyclic) bond motifs is 8. The number of aliphatic hydroxyl groups excluding tert-OH is 1. The number of thioether (sulfide) groups is 1. The second kappa shape index (κ2) is 21.0. The number of carbonyl (C=O) groups is 5. The van der Waals surface area contributed by atoms with Crippen LogP contribution in [0.2, 0.25) is 0 Å². The van der Waals surface area contributed by atoms with E-state index in [1.165, 1.54) is 14.2 Å². The molecule has 5 amide bonds. The highest BCUT2D eigenvalue weighted by atomic mass is 32.2. The predicted octanol–water partition coefficient (Wildman–Crippen LogP) is 7.04. The Labute approximate surface area is 428 Å². The predicted molar refractivity (Wildman–Crippen MR) is 281 cm³/mol. The molecule has 6 N–H and O–H groups in total. The zero-order chi connectivity index (χ0) is 51.7. The molecule has 4 heterocycles. The summed E-state index contributed by atoms with van der Waals surface area (Å²) in [5.41, 5.74) is 7.06. The number of anilines is 5. The highest BCUT2D eigenvalue weighted by Crippen LogP contribution is 2.43. The molecule has 5 aromatic rings. The van der Waals surface area contributed by atoms with Crippen LogP contribution in [-0.2, 0) is 40.4 Å². The molecule has 17 nitrogen and oxygen atoms in total. The fourth-order valence-electron chi connectivity index (χ4n) is 9.73. The van der Waals surface area contributed by atoms with Gasteiger partial charge in [-0.25, -0.2) is 0 Å². The number of aliphatic hydroxyl groups is 1. The number of rotatable bonds is 17. The Kier molecular flexibility index (Phi) is 14.5. The number of hydrogen-bond acceptors (Lipinski definition) is 13. The molecule has 5 aromatic carbocycles. The lowest BCUT2D eigenvalue weighted by Gasteiger charge is -2.26. The van der Waals surface area contributed by atoms with Crippen molar-refractivity contribution in [2.75, 3.05) is 52.8 Å². The van der Waals surface area contributed by atoms with Crippen LogP contribution in [0.3, 0.4) is 0 Å². The molecule has 0 saturated carbocycles. The summed E-state index contributed by atoms with van der Waals surface area (Å²) in [5, 5.41) is 26.3. The van der Waals surface area contributed by atoms with Gasteiger partial charge in [0.25, 0.3) is 11.8 Å². The average molecular weight is 1010 g/mol. The monoisotopic (exact) mass is 1010 g/mol. The van der Waals surface area contributed by atoms with Crippen LogP contribution < -0.4 is 55.3 Å². The maximum absolute atomic E-state index is 14.1. The molecule has 73 heavy (non-hydrogen) atoms. The van der Waals surface area contributed by atoms with Gasteiger partial charge in [0, 0.05) is 46.9 Å². The van der Waals surface area contributed by atoms with Crippen molar-refractivity contribution >= 4 is 69.7 Å². The Morgan fingerprint density at radius 2 is 1.30 bits per heavy atom. The Balaban J connectivity index is 0.950. The van der Waals surface area contributed by atoms with Crippen LogP contribution in [0, 0.1) is 0 Å². The zero-order valence-electron chi connectivity index (χ0n) is 41.9. The summed E-state index contributed by atoms with van der Waals surface area (Å²) in [7, 11) is 2.99. The van der Waals surface area contributed by atoms with Gasteiger partial charge in [0.2, 0.25) is 17.7 Å². The van der Waals surface area contributed by atoms with Gasteiger partial charge >= 0.3 is 0 Å². The van der Waals surface area contributed by atoms with Crippen molar-refractivity contribution < 1.29 is 48.0 Å². The van der Waals surface area contributed by atoms with Crippen LogP contribution >= 0.6 is 11.8 Å². The van der Waals surface area contributed by atoms with Gasteiger partial charge in [0.1, 0.15) is 31.5 Å². The minimum Gasteiger partial charge on any atom is -0.493 e. The minimum absolute atomic E-state index is 0.00750. The molecule has 0 fully saturated rings. The van der Waals surface area contributed by atoms with Crippen LogP contribution in [0.5, 0.6) is 23.0 Å². The van der Waals surface area contributed by atoms with Crippen LogP contribution in [0.25, 0.3) is 0 Å². The van der Waals surface area contributed by atoms with Gasteiger partial charge in [0.05, 0.1) is 48.8 Å². The van der Waals surface area contributed by atoms with E-state index in [0.717, 1.165) is 28.9 Å². The molecule has 5 atom stereocenters. The number of amides is 5. The van der Waals surface area contributed by atoms with Gasteiger partial charge in [0.15, 0.2) is 23.0 Å². The quantitative estimate of drug-likeness (QED) is 0.0553. The third-order valence-corrected chi connectivity index (χ3v) is 15.2. The van der Waals surface area contributed by atoms with Gasteiger partial charge in [-0.1, -0.05) is 50.2 Å². The molecule has 9 rings (SSSR count). The maximum atomic E-state index is 14.1. The Morgan fingerprint density at radius 3 is 1.93 bits per heavy atom. The number of benzene rings is 5. The van der Waals surface area contributed by atoms with Gasteiger partial charge in [-0.2, -0.15) is 11.8 Å². The van der Waals surface area contributed by atoms with E-state index in [9.17, 15) is 29.1 Å². The van der Waals surface area contributed by atoms with Crippen molar-refractivity contribution in [3.8, 4) is 23.0 Å². The van der Waals surface area contributed by atoms with E-state index in [0.29, 0.717) is 70.2 Å². The third-order valence-electron chi connectivity index (χ3n) is 13.9. The van der Waals surface area contributed by atoms with Crippen molar-refractivity contribution in [2.45, 2.75) is 102 Å². The highest BCUT2D eigenvalue weighted by Gasteiger charge is 2.42. The number of ether oxygens (including phenoxy) is 4. The van der Waals surface area contributed by atoms with Crippen LogP contribution in [0.4, 0.5) is 28.4 Å². The smallest absolute Gasteiger partial charge is 0.260 e. The van der Waals surface area contributed by atoms with E-state index in [-0.39, 0.29) is 59.6 Å². The van der Waals surface area contributed by atoms with E-state index >= 15 is 0 Å². The molecule has 0 saturated heterocycles. The van der Waals surface area contributed by atoms with Crippen molar-refractivity contribution in [3.63, 3.8) is 0 Å². The second-order valence-corrected chi connectivity index (χ2v) is 20.9. The van der Waals surface area contributed by atoms with Crippen molar-refractivity contribution in [2.24, 2.45) is 0 Å². The van der Waals surface area contributed by atoms with E-state index in [1.807, 2.05) is 65.8 Å². The van der Waals surface area contributed by atoms with E-state index < -0.39 is 36.2 Å². The first-order valence-corrected chi connectivity index (χ1v) is 25.6. The molecule has 382 valence electrons. The molecule has 4 aliphatic heterocycles. The number of hydrogen-bond donors (Lipinski definition) is 6. The Bertz CT molecular complexity index is 2980. The van der Waals surface area contributed by atoms with Gasteiger partial charge in [-0.3, -0.25) is 24.0 Å². The summed E-state index contributed by atoms with van der Waals surface area (Å²) in [6.07, 6.45) is 3.01. The fourth-order valence-corrected chi connectivity index (χ4v) is 10.0. The number of para-hydroxylation sites is 2. The molecule has 0 bridgehead atoms. The second-order valence-electron chi connectivity index (χ2n) is 19.4. The molecular weight excluding hydrogens is 951 g/mol. The van der Waals surface area contributed by atoms with E-state index in [4.69, 9.17) is 18.9 Å². The van der Waals surface area contributed by atoms with Crippen LogP contribution in [0.15, 0.2) is 91.0 Å². The first-order valence-electron chi connectivity index (χ1n) is 24.3. The molecule has 18 heteroatoms. The Morgan fingerprint density at radius 1 is 0.740 bits per heavy atom. The van der Waals surface area contributed by atoms with Gasteiger partial charge in [-0.15, -0.1) is 0 Å². The molecule has 1 unspecified atom stereocenters. The average Bonchev–Trinajstić information content (AvgIpc) is 3.90. The zero-order valence-corrected chi connectivity index (χ0v) is 42.7. The molecule has 4 aliphatic rings. The molecular formula is C55H61N7O10S. The largest absolute Gasteiger partial charge is 0.493 e. The summed E-state index contributed by atoms with van der Waals surface area (Å²) in [5.74, 6) is -0.421. The number of nitrogens with one attached hydrogen (secondary N) is 5. The molecule has 0 spiro atoms. The number of carbonyl (C=O) groups excluding carboxylic acids is 5. The van der Waals surface area contributed by atoms with Gasteiger partial charge in [-0.05, 0) is 104 Å². The molecule has 0 aliphatic carbocycles. The van der Waals surface area contributed by atoms with Crippen molar-refractivity contribution in [1.29, 1.82) is 0 Å². The summed E-state index contributed by atoms with van der Waals surface area (Å²) in [6, 6.07) is 25.0. The highest BCUT2D eigenvalue weighted by molar-refractivity contribution is 7.99. The minimum atomic E-state index is -1.08. The lowest BCUT2D eigenvalue weighted by atomic mass is 10.1. The van der Waals surface area contributed by atoms with Crippen molar-refractivity contribution in [1.82, 2.24) is 10.6 Å². The molecule has 0 radical (unpaired) electrons. The molecule has 0 aromatic heterocycles. The van der Waals surface area contributed by atoms with Gasteiger partial charge < -0.3 is 60.4 Å². The summed E-state index contributed by atoms with van der Waals surface area (Å²) in [6.45, 7) is 7.71. The summed E-state index contributed by atoms with van der Waals surface area (Å²) in [4.78, 5) is 71.4. The fraction of sp³-hybridized carbons (Fsp3) is 0.364. The standard InChI is InChI=1S/C55H61N7O10S/c1-30(57-49(63)16-17-55(3,4)73-7)50(64)58-31(2)51(65)59-36-19-32(28-71-47-25-40-38(23-45(47)69-5)53(67)61-37(27-56-40)21-34-12-8-10-14-42(34)61)18-33(20-36)29-72-48-26-41-39(24-46(48)70-6)54(68)62-43-15-11-9-13-35(43)22-44(62)52(66)60-41/h8-15,18-20,23-26,30-31,37,44,52,56,60,66H,16-17,21-22,27-29H2,1-7H3,(H,57,63)(H,58,64)(H,59,65)/t30-,31-,37-,44?,52+/m0/s1. The maximum Gasteiger partial charge on any atom is 0.260 e. The third kappa shape index (κ3) is 10.6. The van der Waals surface area contributed by atoms with Crippen LogP contribution in [-0.4, -0.2) is 96.8 Å². The number of methoxy groups -OCH3 is 2. The van der Waals surface area contributed by atoms with Crippen molar-refractivity contribution in [3.05, 3.63) is 124 Å². The first-order chi connectivity index (χ1) is 35.0. The SMILES string of the molecule is COc1cc2c(cc1OCc1cc(COc3cc4c(cc3OC)C(=O)N3c5ccccc5C[C@H]3CN4)cc(NC(=O)[C@H](C)NC(=O)[C@H](C)NC(=O)CCC(C)(C)SC)c1)N[C@H](O)C1Cc3ccccc3N1C2=O. The topological polar surface area (TPSA) is 209 Å². The van der Waals surface area contributed by atoms with E-state index in [2.05, 4.69) is 40.4 Å². The first kappa shape index (κ1) is 50.5. The lowest BCUT2D eigenvalue weighted by molar-refractivity contribution is -0.130. The lowest BCUT2D eigenvalue weighted by Crippen LogP contribution is -2.50. The Hall–Kier alpha value is -7.44. The summed E-state index contributed by atoms with van der Waals surface area (Å²) < 4.78 is 24.3. The van der Waals surface area contributed by atoms with Crippen LogP contribution in [0.1, 0.15) is 83.5 Å². The van der Waals surface area contributed by atoms with E-state index in [1.54, 1.807) is 66.9 Å².